The number of carbonyl (C=O) groups is 1. The summed E-state index contributed by atoms with van der Waals surface area (Å²) in [5.74, 6) is -0.850. The molecule has 1 fully saturated rings. The van der Waals surface area contributed by atoms with Crippen molar-refractivity contribution in [1.82, 2.24) is 0 Å². The average Bonchev–Trinajstić information content (AvgIpc) is 2.66. The zero-order chi connectivity index (χ0) is 21.9. The molecule has 2 rings (SSSR count). The Hall–Kier alpha value is -1.91. The molecule has 1 aromatic carbocycles. The summed E-state index contributed by atoms with van der Waals surface area (Å²) >= 11 is 0. The Morgan fingerprint density at radius 3 is 2.24 bits per heavy atom. The monoisotopic (exact) mass is 414 g/mol. The number of esters is 1. The molecule has 164 valence electrons. The Morgan fingerprint density at radius 2 is 1.69 bits per heavy atom. The Balaban J connectivity index is 2.27. The summed E-state index contributed by atoms with van der Waals surface area (Å²) in [4.78, 5) is 12.8. The molecule has 0 unspecified atom stereocenters. The normalized spacial score (nSPS) is 27.5. The first-order valence-electron chi connectivity index (χ1n) is 9.58. The summed E-state index contributed by atoms with van der Waals surface area (Å²) < 4.78 is 16.5. The van der Waals surface area contributed by atoms with Crippen LogP contribution in [0.5, 0.6) is 11.5 Å². The fraction of sp³-hybridized carbons (Fsp3) is 0.650. The Kier molecular flexibility index (Phi) is 7.84. The van der Waals surface area contributed by atoms with E-state index in [1.54, 1.807) is 0 Å². The van der Waals surface area contributed by atoms with Gasteiger partial charge in [-0.2, -0.15) is 0 Å². The summed E-state index contributed by atoms with van der Waals surface area (Å²) in [6.45, 7) is 7.08. The number of ether oxygens (including phenoxy) is 3. The van der Waals surface area contributed by atoms with Crippen molar-refractivity contribution < 1.29 is 44.5 Å². The number of benzene rings is 1. The number of aliphatic hydroxyl groups excluding tert-OH is 4. The van der Waals surface area contributed by atoms with Crippen molar-refractivity contribution in [3.8, 4) is 11.5 Å². The van der Waals surface area contributed by atoms with Gasteiger partial charge >= 0.3 is 5.97 Å². The van der Waals surface area contributed by atoms with E-state index in [-0.39, 0.29) is 35.0 Å². The molecule has 1 heterocycles. The van der Waals surface area contributed by atoms with E-state index < -0.39 is 43.3 Å². The zero-order valence-electron chi connectivity index (χ0n) is 16.9. The molecule has 1 saturated heterocycles. The minimum Gasteiger partial charge on any atom is -0.508 e. The number of hydrogen-bond acceptors (Lipinski definition) is 9. The predicted octanol–water partition coefficient (Wildman–Crippen LogP) is 0.408. The van der Waals surface area contributed by atoms with Crippen LogP contribution >= 0.6 is 0 Å². The van der Waals surface area contributed by atoms with Crippen LogP contribution in [0.15, 0.2) is 18.2 Å². The van der Waals surface area contributed by atoms with Crippen molar-refractivity contribution in [2.24, 2.45) is 11.8 Å². The van der Waals surface area contributed by atoms with E-state index in [0.29, 0.717) is 0 Å². The highest BCUT2D eigenvalue weighted by atomic mass is 16.7. The molecule has 9 nitrogen and oxygen atoms in total. The second-order valence-electron chi connectivity index (χ2n) is 7.85. The van der Waals surface area contributed by atoms with Crippen LogP contribution < -0.4 is 4.74 Å². The molecular formula is C20H30O9. The zero-order valence-corrected chi connectivity index (χ0v) is 16.9. The van der Waals surface area contributed by atoms with Crippen molar-refractivity contribution in [3.05, 3.63) is 23.8 Å². The molecule has 0 aliphatic carbocycles. The number of phenols is 1. The highest BCUT2D eigenvalue weighted by Crippen LogP contribution is 2.30. The highest BCUT2D eigenvalue weighted by Gasteiger charge is 2.45. The van der Waals surface area contributed by atoms with Gasteiger partial charge in [-0.3, -0.25) is 0 Å². The maximum absolute atomic E-state index is 12.8. The van der Waals surface area contributed by atoms with Crippen LogP contribution in [0.1, 0.15) is 38.1 Å². The molecule has 0 radical (unpaired) electrons. The molecule has 0 bridgehead atoms. The molecular weight excluding hydrogens is 384 g/mol. The van der Waals surface area contributed by atoms with Crippen LogP contribution in [0.25, 0.3) is 0 Å². The third-order valence-corrected chi connectivity index (χ3v) is 4.83. The largest absolute Gasteiger partial charge is 0.508 e. The summed E-state index contributed by atoms with van der Waals surface area (Å²) in [5.41, 5.74) is -0.0896. The van der Waals surface area contributed by atoms with Crippen LogP contribution in [0.4, 0.5) is 0 Å². The smallest absolute Gasteiger partial charge is 0.342 e. The van der Waals surface area contributed by atoms with Gasteiger partial charge < -0.3 is 39.7 Å². The summed E-state index contributed by atoms with van der Waals surface area (Å²) in [6.07, 6.45) is -7.78. The maximum Gasteiger partial charge on any atom is 0.342 e. The summed E-state index contributed by atoms with van der Waals surface area (Å²) in [6, 6.07) is 3.74. The molecule has 1 aliphatic rings. The van der Waals surface area contributed by atoms with Crippen molar-refractivity contribution >= 4 is 5.97 Å². The van der Waals surface area contributed by atoms with Gasteiger partial charge in [0.2, 0.25) is 6.29 Å². The van der Waals surface area contributed by atoms with Crippen molar-refractivity contribution in [2.75, 3.05) is 6.61 Å². The first-order chi connectivity index (χ1) is 13.6. The van der Waals surface area contributed by atoms with Crippen LogP contribution in [-0.4, -0.2) is 74.9 Å². The first kappa shape index (κ1) is 23.4. The molecule has 1 aromatic rings. The quantitative estimate of drug-likeness (QED) is 0.400. The molecule has 29 heavy (non-hydrogen) atoms. The number of carbonyl (C=O) groups excluding carboxylic acids is 1. The van der Waals surface area contributed by atoms with Gasteiger partial charge in [0.15, 0.2) is 0 Å². The van der Waals surface area contributed by atoms with Gasteiger partial charge in [-0.05, 0) is 30.0 Å². The number of phenolic OH excluding ortho intramolecular Hbond substituents is 1. The van der Waals surface area contributed by atoms with E-state index in [0.717, 1.165) is 0 Å². The van der Waals surface area contributed by atoms with Crippen LogP contribution in [0, 0.1) is 11.8 Å². The van der Waals surface area contributed by atoms with Crippen LogP contribution in [0.3, 0.4) is 0 Å². The lowest BCUT2D eigenvalue weighted by Crippen LogP contribution is -2.60. The fourth-order valence-electron chi connectivity index (χ4n) is 3.30. The van der Waals surface area contributed by atoms with Crippen LogP contribution in [-0.2, 0) is 9.47 Å². The van der Waals surface area contributed by atoms with E-state index in [1.807, 2.05) is 27.7 Å². The minimum absolute atomic E-state index is 0.0524. The van der Waals surface area contributed by atoms with E-state index in [1.165, 1.54) is 18.2 Å². The van der Waals surface area contributed by atoms with Gasteiger partial charge in [-0.15, -0.1) is 0 Å². The Morgan fingerprint density at radius 1 is 1.07 bits per heavy atom. The van der Waals surface area contributed by atoms with Gasteiger partial charge in [-0.1, -0.05) is 27.7 Å². The Labute approximate surface area is 169 Å². The molecule has 5 atom stereocenters. The summed E-state index contributed by atoms with van der Waals surface area (Å²) in [7, 11) is 0. The van der Waals surface area contributed by atoms with E-state index in [4.69, 9.17) is 14.2 Å². The molecule has 5 N–H and O–H groups in total. The lowest BCUT2D eigenvalue weighted by molar-refractivity contribution is -0.277. The second-order valence-corrected chi connectivity index (χ2v) is 7.85. The Bertz CT molecular complexity index is 681. The predicted molar refractivity (Wildman–Crippen MR) is 101 cm³/mol. The van der Waals surface area contributed by atoms with E-state index >= 15 is 0 Å². The van der Waals surface area contributed by atoms with Gasteiger partial charge in [0.05, 0.1) is 6.61 Å². The lowest BCUT2D eigenvalue weighted by atomic mass is 9.96. The third-order valence-electron chi connectivity index (χ3n) is 4.83. The number of aliphatic hydroxyl groups is 4. The average molecular weight is 414 g/mol. The maximum atomic E-state index is 12.8. The van der Waals surface area contributed by atoms with Gasteiger partial charge in [0, 0.05) is 0 Å². The first-order valence-corrected chi connectivity index (χ1v) is 9.58. The van der Waals surface area contributed by atoms with Crippen molar-refractivity contribution in [1.29, 1.82) is 0 Å². The molecule has 1 aliphatic heterocycles. The molecule has 0 amide bonds. The minimum atomic E-state index is -1.63. The van der Waals surface area contributed by atoms with E-state index in [9.17, 15) is 30.3 Å². The SMILES string of the molecule is CC(C)C(OC(=O)c1cc(O)ccc1O[C@@H]1O[C@H](CO)[C@@H](O)[C@H](O)[C@H]1O)C(C)C. The van der Waals surface area contributed by atoms with Crippen molar-refractivity contribution in [2.45, 2.75) is 64.5 Å². The third kappa shape index (κ3) is 5.37. The lowest BCUT2D eigenvalue weighted by Gasteiger charge is -2.39. The number of hydrogen-bond donors (Lipinski definition) is 5. The van der Waals surface area contributed by atoms with Gasteiger partial charge in [0.1, 0.15) is 47.6 Å². The molecule has 0 aromatic heterocycles. The number of rotatable bonds is 7. The van der Waals surface area contributed by atoms with Crippen molar-refractivity contribution in [3.63, 3.8) is 0 Å². The fourth-order valence-corrected chi connectivity index (χ4v) is 3.30. The number of aromatic hydroxyl groups is 1. The second kappa shape index (κ2) is 9.73. The standard InChI is InChI=1S/C20H30O9/c1-9(2)18(10(3)4)29-19(26)12-7-11(22)5-6-13(12)27-20-17(25)16(24)15(23)14(8-21)28-20/h5-7,9-10,14-18,20-25H,8H2,1-4H3/t14-,15-,16+,17-,20-/m1/s1. The van der Waals surface area contributed by atoms with Gasteiger partial charge in [-0.25, -0.2) is 4.79 Å². The molecule has 9 heteroatoms. The molecule has 0 saturated carbocycles. The topological polar surface area (TPSA) is 146 Å². The summed E-state index contributed by atoms with van der Waals surface area (Å²) in [5, 5.41) is 49.0. The highest BCUT2D eigenvalue weighted by molar-refractivity contribution is 5.93. The van der Waals surface area contributed by atoms with Gasteiger partial charge in [0.25, 0.3) is 0 Å². The van der Waals surface area contributed by atoms with E-state index in [2.05, 4.69) is 0 Å². The van der Waals surface area contributed by atoms with Crippen LogP contribution in [0.2, 0.25) is 0 Å². The molecule has 0 spiro atoms.